The van der Waals surface area contributed by atoms with Gasteiger partial charge in [0.25, 0.3) is 0 Å². The van der Waals surface area contributed by atoms with Crippen LogP contribution >= 0.6 is 11.3 Å². The van der Waals surface area contributed by atoms with Gasteiger partial charge >= 0.3 is 0 Å². The van der Waals surface area contributed by atoms with Gasteiger partial charge in [-0.2, -0.15) is 0 Å². The molecule has 0 spiro atoms. The standard InChI is InChI=1S/C21H18FN3OS/c1-12-3-8-17(13(2)9-12)25-10-18(26)19(20(25)23)21-24-16(11-27-21)14-4-6-15(22)7-5-14/h3-9,11,23,26H,10H2,1-2H3. The van der Waals surface area contributed by atoms with Gasteiger partial charge in [-0.1, -0.05) is 17.7 Å². The first-order valence-corrected chi connectivity index (χ1v) is 9.39. The van der Waals surface area contributed by atoms with Crippen LogP contribution in [0.4, 0.5) is 10.1 Å². The number of aliphatic hydroxyl groups excluding tert-OH is 1. The second kappa shape index (κ2) is 6.63. The van der Waals surface area contributed by atoms with E-state index in [4.69, 9.17) is 5.41 Å². The number of halogens is 1. The Kier molecular flexibility index (Phi) is 4.28. The smallest absolute Gasteiger partial charge is 0.139 e. The van der Waals surface area contributed by atoms with E-state index in [-0.39, 0.29) is 24.0 Å². The van der Waals surface area contributed by atoms with Crippen LogP contribution in [0.5, 0.6) is 0 Å². The normalized spacial score (nSPS) is 14.3. The highest BCUT2D eigenvalue weighted by Gasteiger charge is 2.31. The van der Waals surface area contributed by atoms with E-state index in [0.29, 0.717) is 16.3 Å². The highest BCUT2D eigenvalue weighted by Crippen LogP contribution is 2.35. The number of aromatic nitrogens is 1. The van der Waals surface area contributed by atoms with Gasteiger partial charge in [0.1, 0.15) is 22.4 Å². The quantitative estimate of drug-likeness (QED) is 0.646. The summed E-state index contributed by atoms with van der Waals surface area (Å²) in [6.45, 7) is 4.28. The van der Waals surface area contributed by atoms with Gasteiger partial charge in [-0.3, -0.25) is 5.41 Å². The number of nitrogens with zero attached hydrogens (tertiary/aromatic N) is 2. The van der Waals surface area contributed by atoms with E-state index in [1.807, 2.05) is 31.4 Å². The molecule has 1 aromatic heterocycles. The second-order valence-electron chi connectivity index (χ2n) is 6.59. The highest BCUT2D eigenvalue weighted by molar-refractivity contribution is 7.11. The first-order valence-electron chi connectivity index (χ1n) is 8.51. The fourth-order valence-corrected chi connectivity index (χ4v) is 4.16. The van der Waals surface area contributed by atoms with Crippen molar-refractivity contribution in [2.24, 2.45) is 0 Å². The number of aliphatic hydroxyl groups is 1. The third-order valence-electron chi connectivity index (χ3n) is 4.60. The van der Waals surface area contributed by atoms with Crippen LogP contribution in [0.15, 0.2) is 53.6 Å². The number of hydrogen-bond acceptors (Lipinski definition) is 4. The lowest BCUT2D eigenvalue weighted by Crippen LogP contribution is -2.26. The SMILES string of the molecule is Cc1ccc(N2CC(O)=C(c3nc(-c4ccc(F)cc4)cs3)C2=N)c(C)c1. The largest absolute Gasteiger partial charge is 0.510 e. The summed E-state index contributed by atoms with van der Waals surface area (Å²) >= 11 is 1.37. The first-order chi connectivity index (χ1) is 12.9. The zero-order chi connectivity index (χ0) is 19.1. The number of hydrogen-bond donors (Lipinski definition) is 2. The van der Waals surface area contributed by atoms with Crippen LogP contribution < -0.4 is 4.90 Å². The summed E-state index contributed by atoms with van der Waals surface area (Å²) in [6.07, 6.45) is 0. The molecule has 0 unspecified atom stereocenters. The molecule has 3 aromatic rings. The van der Waals surface area contributed by atoms with Crippen molar-refractivity contribution in [1.29, 1.82) is 5.41 Å². The van der Waals surface area contributed by atoms with Crippen LogP contribution in [0.3, 0.4) is 0 Å². The number of anilines is 1. The van der Waals surface area contributed by atoms with Gasteiger partial charge in [0.05, 0.1) is 17.8 Å². The molecule has 4 rings (SSSR count). The van der Waals surface area contributed by atoms with Crippen LogP contribution in [-0.4, -0.2) is 22.5 Å². The van der Waals surface area contributed by atoms with Gasteiger partial charge in [-0.05, 0) is 49.7 Å². The number of amidine groups is 1. The predicted octanol–water partition coefficient (Wildman–Crippen LogP) is 5.33. The molecular weight excluding hydrogens is 361 g/mol. The van der Waals surface area contributed by atoms with Crippen LogP contribution in [-0.2, 0) is 0 Å². The summed E-state index contributed by atoms with van der Waals surface area (Å²) in [5.74, 6) is 0.0793. The number of thiazole rings is 1. The second-order valence-corrected chi connectivity index (χ2v) is 7.45. The Morgan fingerprint density at radius 1 is 1.15 bits per heavy atom. The molecule has 2 heterocycles. The van der Waals surface area contributed by atoms with E-state index in [0.717, 1.165) is 22.4 Å². The zero-order valence-electron chi connectivity index (χ0n) is 15.0. The van der Waals surface area contributed by atoms with E-state index >= 15 is 0 Å². The summed E-state index contributed by atoms with van der Waals surface area (Å²) in [7, 11) is 0. The summed E-state index contributed by atoms with van der Waals surface area (Å²) < 4.78 is 13.1. The Morgan fingerprint density at radius 3 is 2.59 bits per heavy atom. The molecule has 0 aliphatic carbocycles. The molecule has 0 saturated carbocycles. The molecule has 0 fully saturated rings. The van der Waals surface area contributed by atoms with E-state index in [9.17, 15) is 9.50 Å². The third-order valence-corrected chi connectivity index (χ3v) is 5.46. The number of nitrogens with one attached hydrogen (secondary N) is 1. The van der Waals surface area contributed by atoms with Gasteiger partial charge in [0, 0.05) is 16.6 Å². The molecule has 2 N–H and O–H groups in total. The topological polar surface area (TPSA) is 60.2 Å². The van der Waals surface area contributed by atoms with E-state index in [1.54, 1.807) is 17.0 Å². The molecule has 136 valence electrons. The van der Waals surface area contributed by atoms with Crippen molar-refractivity contribution in [2.75, 3.05) is 11.4 Å². The summed E-state index contributed by atoms with van der Waals surface area (Å²) in [5.41, 5.74) is 5.07. The lowest BCUT2D eigenvalue weighted by molar-refractivity contribution is 0.411. The summed E-state index contributed by atoms with van der Waals surface area (Å²) in [6, 6.07) is 12.2. The molecule has 1 aliphatic heterocycles. The molecule has 0 bridgehead atoms. The molecule has 0 saturated heterocycles. The van der Waals surface area contributed by atoms with Gasteiger partial charge < -0.3 is 10.0 Å². The molecular formula is C21H18FN3OS. The average Bonchev–Trinajstić information content (AvgIpc) is 3.20. The maximum absolute atomic E-state index is 13.1. The van der Waals surface area contributed by atoms with Crippen molar-refractivity contribution in [3.63, 3.8) is 0 Å². The number of rotatable bonds is 3. The fraction of sp³-hybridized carbons (Fsp3) is 0.143. The van der Waals surface area contributed by atoms with E-state index in [1.165, 1.54) is 23.5 Å². The van der Waals surface area contributed by atoms with Gasteiger partial charge in [-0.25, -0.2) is 9.37 Å². The van der Waals surface area contributed by atoms with E-state index in [2.05, 4.69) is 11.1 Å². The number of aryl methyl sites for hydroxylation is 2. The Labute approximate surface area is 160 Å². The third kappa shape index (κ3) is 3.13. The van der Waals surface area contributed by atoms with Crippen LogP contribution in [0.1, 0.15) is 16.1 Å². The van der Waals surface area contributed by atoms with Gasteiger partial charge in [-0.15, -0.1) is 11.3 Å². The Morgan fingerprint density at radius 2 is 1.89 bits per heavy atom. The fourth-order valence-electron chi connectivity index (χ4n) is 3.26. The predicted molar refractivity (Wildman–Crippen MR) is 108 cm³/mol. The molecule has 0 atom stereocenters. The van der Waals surface area contributed by atoms with Crippen LogP contribution in [0, 0.1) is 25.1 Å². The Bertz CT molecular complexity index is 1070. The minimum atomic E-state index is -0.295. The first kappa shape index (κ1) is 17.4. The molecule has 0 radical (unpaired) electrons. The van der Waals surface area contributed by atoms with Crippen molar-refractivity contribution in [2.45, 2.75) is 13.8 Å². The molecule has 27 heavy (non-hydrogen) atoms. The van der Waals surface area contributed by atoms with Crippen molar-refractivity contribution in [3.8, 4) is 11.3 Å². The lowest BCUT2D eigenvalue weighted by Gasteiger charge is -2.21. The van der Waals surface area contributed by atoms with Crippen molar-refractivity contribution in [1.82, 2.24) is 4.98 Å². The van der Waals surface area contributed by atoms with E-state index < -0.39 is 0 Å². The molecule has 1 aliphatic rings. The molecule has 4 nitrogen and oxygen atoms in total. The van der Waals surface area contributed by atoms with Crippen molar-refractivity contribution < 1.29 is 9.50 Å². The van der Waals surface area contributed by atoms with Crippen molar-refractivity contribution in [3.05, 3.63) is 75.6 Å². The lowest BCUT2D eigenvalue weighted by atomic mass is 10.1. The minimum Gasteiger partial charge on any atom is -0.510 e. The summed E-state index contributed by atoms with van der Waals surface area (Å²) in [4.78, 5) is 6.36. The Hall–Kier alpha value is -2.99. The molecule has 0 amide bonds. The minimum absolute atomic E-state index is 0.139. The average molecular weight is 379 g/mol. The van der Waals surface area contributed by atoms with Crippen LogP contribution in [0.2, 0.25) is 0 Å². The molecule has 2 aromatic carbocycles. The zero-order valence-corrected chi connectivity index (χ0v) is 15.8. The molecule has 6 heteroatoms. The summed E-state index contributed by atoms with van der Waals surface area (Å²) in [5, 5.41) is 21.6. The Balaban J connectivity index is 1.65. The maximum atomic E-state index is 13.1. The maximum Gasteiger partial charge on any atom is 0.139 e. The van der Waals surface area contributed by atoms with Gasteiger partial charge in [0.2, 0.25) is 0 Å². The number of benzene rings is 2. The monoisotopic (exact) mass is 379 g/mol. The van der Waals surface area contributed by atoms with Crippen molar-refractivity contribution >= 4 is 28.4 Å². The van der Waals surface area contributed by atoms with Crippen LogP contribution in [0.25, 0.3) is 16.8 Å². The van der Waals surface area contributed by atoms with Gasteiger partial charge in [0.15, 0.2) is 0 Å². The highest BCUT2D eigenvalue weighted by atomic mass is 32.1.